The Balaban J connectivity index is 2.65. The summed E-state index contributed by atoms with van der Waals surface area (Å²) in [4.78, 5) is 22.2. The first kappa shape index (κ1) is 17.0. The highest BCUT2D eigenvalue weighted by molar-refractivity contribution is 5.83. The molecular formula is C14H16F3NO3. The third-order valence-corrected chi connectivity index (χ3v) is 3.05. The summed E-state index contributed by atoms with van der Waals surface area (Å²) in [5.74, 6) is -1.92. The summed E-state index contributed by atoms with van der Waals surface area (Å²) in [5, 5.41) is 11.0. The standard InChI is InChI=1S/C14H16F3NO3/c1-8(7-12(19)18-9(2)13(20)21)10-3-5-11(6-4-10)14(15,16)17/h3-6,8-9H,7H2,1-2H3,(H,18,19)(H,20,21)/t8?,9-/m0/s1. The number of carboxylic acid groups (broad SMARTS) is 1. The number of hydrogen-bond acceptors (Lipinski definition) is 2. The molecule has 0 spiro atoms. The van der Waals surface area contributed by atoms with Crippen molar-refractivity contribution in [1.82, 2.24) is 5.32 Å². The lowest BCUT2D eigenvalue weighted by Gasteiger charge is -2.15. The van der Waals surface area contributed by atoms with Crippen LogP contribution >= 0.6 is 0 Å². The SMILES string of the molecule is CC(CC(=O)N[C@@H](C)C(=O)O)c1ccc(C(F)(F)F)cc1. The molecule has 7 heteroatoms. The molecule has 1 aromatic rings. The molecule has 0 saturated carbocycles. The fraction of sp³-hybridized carbons (Fsp3) is 0.429. The first-order valence-electron chi connectivity index (χ1n) is 6.30. The maximum absolute atomic E-state index is 12.4. The maximum Gasteiger partial charge on any atom is 0.416 e. The number of carboxylic acids is 1. The van der Waals surface area contributed by atoms with Gasteiger partial charge in [0.2, 0.25) is 5.91 Å². The zero-order valence-corrected chi connectivity index (χ0v) is 11.6. The quantitative estimate of drug-likeness (QED) is 0.879. The molecule has 0 fully saturated rings. The topological polar surface area (TPSA) is 66.4 Å². The number of hydrogen-bond donors (Lipinski definition) is 2. The zero-order valence-electron chi connectivity index (χ0n) is 11.6. The summed E-state index contributed by atoms with van der Waals surface area (Å²) in [6.07, 6.45) is -4.39. The summed E-state index contributed by atoms with van der Waals surface area (Å²) in [6.45, 7) is 3.02. The molecule has 1 amide bonds. The van der Waals surface area contributed by atoms with Gasteiger partial charge in [-0.05, 0) is 30.5 Å². The van der Waals surface area contributed by atoms with E-state index in [2.05, 4.69) is 5.32 Å². The van der Waals surface area contributed by atoms with Crippen LogP contribution in [0.2, 0.25) is 0 Å². The molecule has 1 aromatic carbocycles. The van der Waals surface area contributed by atoms with Crippen molar-refractivity contribution < 1.29 is 27.9 Å². The van der Waals surface area contributed by atoms with Gasteiger partial charge in [-0.15, -0.1) is 0 Å². The molecule has 0 aliphatic rings. The van der Waals surface area contributed by atoms with E-state index < -0.39 is 29.7 Å². The molecule has 0 radical (unpaired) electrons. The number of benzene rings is 1. The minimum absolute atomic E-state index is 0.00296. The number of amides is 1. The van der Waals surface area contributed by atoms with Crippen LogP contribution < -0.4 is 5.32 Å². The van der Waals surface area contributed by atoms with Crippen LogP contribution in [0.3, 0.4) is 0 Å². The molecule has 116 valence electrons. The van der Waals surface area contributed by atoms with E-state index in [9.17, 15) is 22.8 Å². The predicted octanol–water partition coefficient (Wildman–Crippen LogP) is 2.79. The Morgan fingerprint density at radius 3 is 2.14 bits per heavy atom. The van der Waals surface area contributed by atoms with Crippen LogP contribution in [0.4, 0.5) is 13.2 Å². The van der Waals surface area contributed by atoms with E-state index in [0.29, 0.717) is 5.56 Å². The Hall–Kier alpha value is -2.05. The third kappa shape index (κ3) is 5.09. The normalized spacial score (nSPS) is 14.3. The number of carbonyl (C=O) groups excluding carboxylic acids is 1. The van der Waals surface area contributed by atoms with Crippen LogP contribution in [0, 0.1) is 0 Å². The smallest absolute Gasteiger partial charge is 0.416 e. The number of halogens is 3. The van der Waals surface area contributed by atoms with Crippen molar-refractivity contribution in [2.75, 3.05) is 0 Å². The summed E-state index contributed by atoms with van der Waals surface area (Å²) in [6, 6.07) is 3.56. The van der Waals surface area contributed by atoms with E-state index in [1.54, 1.807) is 6.92 Å². The molecule has 0 aliphatic carbocycles. The number of carbonyl (C=O) groups is 2. The highest BCUT2D eigenvalue weighted by Crippen LogP contribution is 2.30. The van der Waals surface area contributed by atoms with Gasteiger partial charge < -0.3 is 10.4 Å². The van der Waals surface area contributed by atoms with Crippen LogP contribution in [0.25, 0.3) is 0 Å². The van der Waals surface area contributed by atoms with Crippen molar-refractivity contribution in [1.29, 1.82) is 0 Å². The Morgan fingerprint density at radius 1 is 1.19 bits per heavy atom. The second-order valence-corrected chi connectivity index (χ2v) is 4.85. The molecular weight excluding hydrogens is 287 g/mol. The van der Waals surface area contributed by atoms with Gasteiger partial charge in [0.05, 0.1) is 5.56 Å². The summed E-state index contributed by atoms with van der Waals surface area (Å²) >= 11 is 0. The van der Waals surface area contributed by atoms with Crippen LogP contribution in [-0.4, -0.2) is 23.0 Å². The Kier molecular flexibility index (Phi) is 5.34. The second kappa shape index (κ2) is 6.60. The molecule has 21 heavy (non-hydrogen) atoms. The molecule has 0 aromatic heterocycles. The van der Waals surface area contributed by atoms with Crippen molar-refractivity contribution in [3.63, 3.8) is 0 Å². The van der Waals surface area contributed by atoms with Crippen molar-refractivity contribution >= 4 is 11.9 Å². The van der Waals surface area contributed by atoms with Crippen LogP contribution in [0.15, 0.2) is 24.3 Å². The largest absolute Gasteiger partial charge is 0.480 e. The van der Waals surface area contributed by atoms with Gasteiger partial charge >= 0.3 is 12.1 Å². The number of nitrogens with one attached hydrogen (secondary N) is 1. The third-order valence-electron chi connectivity index (χ3n) is 3.05. The minimum atomic E-state index is -4.39. The first-order chi connectivity index (χ1) is 9.61. The van der Waals surface area contributed by atoms with E-state index in [1.807, 2.05) is 0 Å². The first-order valence-corrected chi connectivity index (χ1v) is 6.30. The van der Waals surface area contributed by atoms with Gasteiger partial charge in [0.1, 0.15) is 6.04 Å². The van der Waals surface area contributed by atoms with Gasteiger partial charge in [-0.3, -0.25) is 9.59 Å². The van der Waals surface area contributed by atoms with Gasteiger partial charge in [0, 0.05) is 6.42 Å². The average molecular weight is 303 g/mol. The van der Waals surface area contributed by atoms with E-state index in [-0.39, 0.29) is 12.3 Å². The van der Waals surface area contributed by atoms with Crippen molar-refractivity contribution in [3.05, 3.63) is 35.4 Å². The number of aliphatic carboxylic acids is 1. The highest BCUT2D eigenvalue weighted by atomic mass is 19.4. The Morgan fingerprint density at radius 2 is 1.71 bits per heavy atom. The molecule has 2 atom stereocenters. The number of alkyl halides is 3. The molecule has 1 rings (SSSR count). The minimum Gasteiger partial charge on any atom is -0.480 e. The zero-order chi connectivity index (χ0) is 16.2. The van der Waals surface area contributed by atoms with Gasteiger partial charge in [0.15, 0.2) is 0 Å². The molecule has 0 aliphatic heterocycles. The summed E-state index contributed by atoms with van der Waals surface area (Å²) in [7, 11) is 0. The van der Waals surface area contributed by atoms with Crippen molar-refractivity contribution in [3.8, 4) is 0 Å². The van der Waals surface area contributed by atoms with Gasteiger partial charge in [-0.2, -0.15) is 13.2 Å². The van der Waals surface area contributed by atoms with E-state index in [0.717, 1.165) is 12.1 Å². The molecule has 0 saturated heterocycles. The monoisotopic (exact) mass is 303 g/mol. The van der Waals surface area contributed by atoms with Crippen molar-refractivity contribution in [2.45, 2.75) is 38.4 Å². The molecule has 2 N–H and O–H groups in total. The Bertz CT molecular complexity index is 511. The van der Waals surface area contributed by atoms with E-state index >= 15 is 0 Å². The van der Waals surface area contributed by atoms with E-state index in [4.69, 9.17) is 5.11 Å². The summed E-state index contributed by atoms with van der Waals surface area (Å²) < 4.78 is 37.3. The lowest BCUT2D eigenvalue weighted by atomic mass is 9.96. The lowest BCUT2D eigenvalue weighted by molar-refractivity contribution is -0.141. The van der Waals surface area contributed by atoms with Gasteiger partial charge in [-0.25, -0.2) is 0 Å². The van der Waals surface area contributed by atoms with Crippen LogP contribution in [0.1, 0.15) is 37.3 Å². The van der Waals surface area contributed by atoms with Gasteiger partial charge in [0.25, 0.3) is 0 Å². The molecule has 1 unspecified atom stereocenters. The predicted molar refractivity (Wildman–Crippen MR) is 69.7 cm³/mol. The summed E-state index contributed by atoms with van der Waals surface area (Å²) in [5.41, 5.74) is -0.163. The highest BCUT2D eigenvalue weighted by Gasteiger charge is 2.30. The fourth-order valence-electron chi connectivity index (χ4n) is 1.76. The molecule has 0 heterocycles. The lowest BCUT2D eigenvalue weighted by Crippen LogP contribution is -2.38. The van der Waals surface area contributed by atoms with Crippen LogP contribution in [0.5, 0.6) is 0 Å². The van der Waals surface area contributed by atoms with Gasteiger partial charge in [-0.1, -0.05) is 19.1 Å². The average Bonchev–Trinajstić information content (AvgIpc) is 2.37. The molecule has 4 nitrogen and oxygen atoms in total. The Labute approximate surface area is 120 Å². The molecule has 0 bridgehead atoms. The maximum atomic E-state index is 12.4. The van der Waals surface area contributed by atoms with E-state index in [1.165, 1.54) is 19.1 Å². The fourth-order valence-corrected chi connectivity index (χ4v) is 1.76. The number of rotatable bonds is 5. The van der Waals surface area contributed by atoms with Crippen molar-refractivity contribution in [2.24, 2.45) is 0 Å². The van der Waals surface area contributed by atoms with Crippen LogP contribution in [-0.2, 0) is 15.8 Å². The second-order valence-electron chi connectivity index (χ2n) is 4.85.